The average molecular weight is 439 g/mol. The third kappa shape index (κ3) is 5.74. The van der Waals surface area contributed by atoms with E-state index in [1.54, 1.807) is 6.07 Å². The van der Waals surface area contributed by atoms with Gasteiger partial charge in [-0.3, -0.25) is 9.80 Å². The molecule has 0 N–H and O–H groups in total. The Kier molecular flexibility index (Phi) is 7.44. The van der Waals surface area contributed by atoms with Crippen LogP contribution in [0.1, 0.15) is 44.6 Å². The van der Waals surface area contributed by atoms with E-state index in [9.17, 15) is 13.2 Å². The first-order chi connectivity index (χ1) is 14.9. The lowest BCUT2D eigenvalue weighted by Gasteiger charge is -2.47. The van der Waals surface area contributed by atoms with Gasteiger partial charge in [-0.2, -0.15) is 13.2 Å². The molecule has 7 heteroatoms. The summed E-state index contributed by atoms with van der Waals surface area (Å²) in [5.41, 5.74) is 0.138. The van der Waals surface area contributed by atoms with Crippen molar-refractivity contribution in [2.45, 2.75) is 57.3 Å². The summed E-state index contributed by atoms with van der Waals surface area (Å²) in [5.74, 6) is 0. The number of anilines is 1. The predicted octanol–water partition coefficient (Wildman–Crippen LogP) is 4.17. The average Bonchev–Trinajstić information content (AvgIpc) is 2.80. The monoisotopic (exact) mass is 438 g/mol. The van der Waals surface area contributed by atoms with Gasteiger partial charge in [-0.15, -0.1) is 0 Å². The second kappa shape index (κ2) is 10.1. The topological polar surface area (TPSA) is 13.0 Å². The fourth-order valence-electron chi connectivity index (χ4n) is 5.66. The van der Waals surface area contributed by atoms with Crippen LogP contribution in [-0.2, 0) is 6.18 Å². The standard InChI is InChI=1S/C24H37F3N4/c1-2-10-28-12-8-21(9-13-28)31-11-4-7-23(19-31)30-16-14-29(15-17-30)22-6-3-5-20(18-22)24(25,26)27/h3,5-6,18,21,23H,2,4,7-17,19H2,1H3/t23-/m1/s1. The summed E-state index contributed by atoms with van der Waals surface area (Å²) in [7, 11) is 0. The third-order valence-corrected chi connectivity index (χ3v) is 7.41. The van der Waals surface area contributed by atoms with Crippen LogP contribution in [0.25, 0.3) is 0 Å². The lowest BCUT2D eigenvalue weighted by molar-refractivity contribution is -0.137. The highest BCUT2D eigenvalue weighted by atomic mass is 19.4. The van der Waals surface area contributed by atoms with Crippen molar-refractivity contribution < 1.29 is 13.2 Å². The molecule has 3 aliphatic heterocycles. The van der Waals surface area contributed by atoms with Gasteiger partial charge in [0.05, 0.1) is 5.56 Å². The maximum Gasteiger partial charge on any atom is 0.416 e. The van der Waals surface area contributed by atoms with E-state index in [0.29, 0.717) is 11.7 Å². The molecule has 31 heavy (non-hydrogen) atoms. The van der Waals surface area contributed by atoms with Gasteiger partial charge in [0.1, 0.15) is 0 Å². The summed E-state index contributed by atoms with van der Waals surface area (Å²) in [6.45, 7) is 11.8. The van der Waals surface area contributed by atoms with Gasteiger partial charge in [0.25, 0.3) is 0 Å². The van der Waals surface area contributed by atoms with E-state index in [4.69, 9.17) is 0 Å². The van der Waals surface area contributed by atoms with Gasteiger partial charge in [0.15, 0.2) is 0 Å². The highest BCUT2D eigenvalue weighted by molar-refractivity contribution is 5.49. The van der Waals surface area contributed by atoms with Crippen LogP contribution < -0.4 is 4.90 Å². The van der Waals surface area contributed by atoms with Gasteiger partial charge in [0, 0.05) is 50.5 Å². The second-order valence-corrected chi connectivity index (χ2v) is 9.43. The fourth-order valence-corrected chi connectivity index (χ4v) is 5.66. The van der Waals surface area contributed by atoms with E-state index in [1.165, 1.54) is 70.4 Å². The van der Waals surface area contributed by atoms with Crippen LogP contribution in [0, 0.1) is 0 Å². The minimum Gasteiger partial charge on any atom is -0.369 e. The molecule has 0 aromatic heterocycles. The molecule has 0 amide bonds. The zero-order valence-corrected chi connectivity index (χ0v) is 18.8. The van der Waals surface area contributed by atoms with Crippen LogP contribution in [-0.4, -0.2) is 85.7 Å². The first-order valence-electron chi connectivity index (χ1n) is 12.1. The summed E-state index contributed by atoms with van der Waals surface area (Å²) >= 11 is 0. The molecule has 0 bridgehead atoms. The molecule has 3 heterocycles. The van der Waals surface area contributed by atoms with Crippen LogP contribution >= 0.6 is 0 Å². The smallest absolute Gasteiger partial charge is 0.369 e. The van der Waals surface area contributed by atoms with Gasteiger partial charge in [-0.1, -0.05) is 13.0 Å². The molecule has 0 saturated carbocycles. The van der Waals surface area contributed by atoms with Crippen LogP contribution in [0.15, 0.2) is 24.3 Å². The van der Waals surface area contributed by atoms with Crippen molar-refractivity contribution in [1.82, 2.24) is 14.7 Å². The van der Waals surface area contributed by atoms with Crippen molar-refractivity contribution in [2.24, 2.45) is 0 Å². The van der Waals surface area contributed by atoms with Gasteiger partial charge < -0.3 is 9.80 Å². The summed E-state index contributed by atoms with van der Waals surface area (Å²) in [6, 6.07) is 7.09. The number of rotatable bonds is 5. The molecule has 1 aromatic rings. The molecule has 0 unspecified atom stereocenters. The van der Waals surface area contributed by atoms with E-state index < -0.39 is 11.7 Å². The van der Waals surface area contributed by atoms with E-state index in [0.717, 1.165) is 44.8 Å². The lowest BCUT2D eigenvalue weighted by atomic mass is 9.96. The van der Waals surface area contributed by atoms with Crippen LogP contribution in [0.5, 0.6) is 0 Å². The number of benzene rings is 1. The number of nitrogens with zero attached hydrogens (tertiary/aromatic N) is 4. The highest BCUT2D eigenvalue weighted by Crippen LogP contribution is 2.32. The van der Waals surface area contributed by atoms with Crippen molar-refractivity contribution in [3.8, 4) is 0 Å². The van der Waals surface area contributed by atoms with Gasteiger partial charge in [-0.25, -0.2) is 0 Å². The van der Waals surface area contributed by atoms with Crippen molar-refractivity contribution in [1.29, 1.82) is 0 Å². The van der Waals surface area contributed by atoms with Crippen molar-refractivity contribution in [3.05, 3.63) is 29.8 Å². The number of alkyl halides is 3. The molecule has 3 aliphatic rings. The minimum atomic E-state index is -4.28. The Morgan fingerprint density at radius 3 is 2.29 bits per heavy atom. The predicted molar refractivity (Wildman–Crippen MR) is 120 cm³/mol. The highest BCUT2D eigenvalue weighted by Gasteiger charge is 2.33. The third-order valence-electron chi connectivity index (χ3n) is 7.41. The molecule has 0 spiro atoms. The molecule has 4 nitrogen and oxygen atoms in total. The Bertz CT molecular complexity index is 694. The summed E-state index contributed by atoms with van der Waals surface area (Å²) in [5, 5.41) is 0. The van der Waals surface area contributed by atoms with Gasteiger partial charge in [0.2, 0.25) is 0 Å². The van der Waals surface area contributed by atoms with E-state index >= 15 is 0 Å². The Morgan fingerprint density at radius 2 is 1.61 bits per heavy atom. The molecule has 0 radical (unpaired) electrons. The Labute approximate surface area is 185 Å². The number of piperazine rings is 1. The molecule has 4 rings (SSSR count). The first kappa shape index (κ1) is 22.9. The van der Waals surface area contributed by atoms with Crippen molar-refractivity contribution in [2.75, 3.05) is 63.8 Å². The maximum atomic E-state index is 13.1. The Hall–Kier alpha value is -1.31. The largest absolute Gasteiger partial charge is 0.416 e. The SMILES string of the molecule is CCCN1CCC(N2CCC[C@@H](N3CCN(c4cccc(C(F)(F)F)c4)CC3)C2)CC1. The summed E-state index contributed by atoms with van der Waals surface area (Å²) in [4.78, 5) is 10.0. The quantitative estimate of drug-likeness (QED) is 0.684. The van der Waals surface area contributed by atoms with Gasteiger partial charge >= 0.3 is 6.18 Å². The number of likely N-dealkylation sites (tertiary alicyclic amines) is 2. The van der Waals surface area contributed by atoms with Crippen LogP contribution in [0.4, 0.5) is 18.9 Å². The molecule has 1 aromatic carbocycles. The Morgan fingerprint density at radius 1 is 0.871 bits per heavy atom. The van der Waals surface area contributed by atoms with E-state index in [-0.39, 0.29) is 0 Å². The summed E-state index contributed by atoms with van der Waals surface area (Å²) < 4.78 is 39.2. The van der Waals surface area contributed by atoms with E-state index in [1.807, 2.05) is 0 Å². The van der Waals surface area contributed by atoms with Crippen LogP contribution in [0.2, 0.25) is 0 Å². The molecular formula is C24H37F3N4. The first-order valence-corrected chi connectivity index (χ1v) is 12.1. The molecule has 1 atom stereocenters. The molecular weight excluding hydrogens is 401 g/mol. The normalized spacial score (nSPS) is 25.8. The molecule has 0 aliphatic carbocycles. The van der Waals surface area contributed by atoms with Crippen LogP contribution in [0.3, 0.4) is 0 Å². The van der Waals surface area contributed by atoms with Gasteiger partial charge in [-0.05, 0) is 76.5 Å². The second-order valence-electron chi connectivity index (χ2n) is 9.43. The molecule has 3 saturated heterocycles. The van der Waals surface area contributed by atoms with E-state index in [2.05, 4.69) is 26.5 Å². The Balaban J connectivity index is 1.28. The number of piperidine rings is 2. The molecule has 3 fully saturated rings. The van der Waals surface area contributed by atoms with Crippen molar-refractivity contribution in [3.63, 3.8) is 0 Å². The number of hydrogen-bond acceptors (Lipinski definition) is 4. The zero-order valence-electron chi connectivity index (χ0n) is 18.8. The lowest BCUT2D eigenvalue weighted by Crippen LogP contribution is -2.57. The minimum absolute atomic E-state index is 0.555. The number of halogens is 3. The zero-order chi connectivity index (χ0) is 21.8. The van der Waals surface area contributed by atoms with Crippen molar-refractivity contribution >= 4 is 5.69 Å². The number of hydrogen-bond donors (Lipinski definition) is 0. The fraction of sp³-hybridized carbons (Fsp3) is 0.750. The molecule has 174 valence electrons. The summed E-state index contributed by atoms with van der Waals surface area (Å²) in [6.07, 6.45) is 2.04. The maximum absolute atomic E-state index is 13.1.